The number of hydrogen-bond donors (Lipinski definition) is 2. The summed E-state index contributed by atoms with van der Waals surface area (Å²) in [5.41, 5.74) is 0.266. The fourth-order valence-corrected chi connectivity index (χ4v) is 4.00. The molecule has 170 valence electrons. The van der Waals surface area contributed by atoms with Crippen LogP contribution in [0.4, 0.5) is 10.1 Å². The SMILES string of the molecule is CC(C)c1noc(CCCNC(=O)c2ccc(Cl)c(NS(=O)(=O)c3ccc(F)cc3)c2)n1. The standard InChI is InChI=1S/C21H22ClFN4O4S/c1-13(2)20-25-19(31-26-20)4-3-11-24-21(28)14-5-10-17(22)18(12-14)27-32(29,30)16-8-6-15(23)7-9-16/h5-10,12-13,27H,3-4,11H2,1-2H3,(H,24,28). The molecule has 11 heteroatoms. The predicted molar refractivity (Wildman–Crippen MR) is 118 cm³/mol. The van der Waals surface area contributed by atoms with Crippen molar-refractivity contribution in [1.29, 1.82) is 0 Å². The molecule has 0 saturated carbocycles. The molecule has 8 nitrogen and oxygen atoms in total. The summed E-state index contributed by atoms with van der Waals surface area (Å²) in [4.78, 5) is 16.6. The topological polar surface area (TPSA) is 114 Å². The van der Waals surface area contributed by atoms with Gasteiger partial charge in [0.15, 0.2) is 5.82 Å². The van der Waals surface area contributed by atoms with E-state index in [0.717, 1.165) is 24.3 Å². The molecule has 0 saturated heterocycles. The number of nitrogens with zero attached hydrogens (tertiary/aromatic N) is 2. The average Bonchev–Trinajstić information content (AvgIpc) is 3.22. The van der Waals surface area contributed by atoms with Gasteiger partial charge in [-0.05, 0) is 48.9 Å². The molecule has 0 aliphatic rings. The molecule has 0 fully saturated rings. The Kier molecular flexibility index (Phi) is 7.47. The van der Waals surface area contributed by atoms with Crippen LogP contribution in [-0.4, -0.2) is 31.0 Å². The minimum absolute atomic E-state index is 0.0377. The molecule has 2 N–H and O–H groups in total. The summed E-state index contributed by atoms with van der Waals surface area (Å²) in [5.74, 6) is 0.372. The summed E-state index contributed by atoms with van der Waals surface area (Å²) >= 11 is 6.10. The van der Waals surface area contributed by atoms with Gasteiger partial charge in [-0.3, -0.25) is 9.52 Å². The zero-order valence-corrected chi connectivity index (χ0v) is 19.0. The molecule has 3 rings (SSSR count). The number of aromatic nitrogens is 2. The van der Waals surface area contributed by atoms with Crippen molar-refractivity contribution in [2.45, 2.75) is 37.5 Å². The van der Waals surface area contributed by atoms with Gasteiger partial charge in [-0.2, -0.15) is 4.98 Å². The molecule has 1 amide bonds. The molecule has 0 unspecified atom stereocenters. The molecular formula is C21H22ClFN4O4S. The Hall–Kier alpha value is -2.98. The quantitative estimate of drug-likeness (QED) is 0.445. The van der Waals surface area contributed by atoms with Gasteiger partial charge in [-0.25, -0.2) is 12.8 Å². The Morgan fingerprint density at radius 2 is 1.91 bits per heavy atom. The van der Waals surface area contributed by atoms with Crippen LogP contribution < -0.4 is 10.0 Å². The molecule has 0 radical (unpaired) electrons. The van der Waals surface area contributed by atoms with E-state index in [9.17, 15) is 17.6 Å². The predicted octanol–water partition coefficient (Wildman–Crippen LogP) is 4.15. The van der Waals surface area contributed by atoms with Crippen LogP contribution in [0.25, 0.3) is 0 Å². The summed E-state index contributed by atoms with van der Waals surface area (Å²) in [5, 5.41) is 6.76. The molecule has 1 heterocycles. The maximum absolute atomic E-state index is 13.1. The van der Waals surface area contributed by atoms with Crippen molar-refractivity contribution in [3.05, 3.63) is 70.6 Å². The van der Waals surface area contributed by atoms with Crippen LogP contribution in [0, 0.1) is 5.82 Å². The van der Waals surface area contributed by atoms with E-state index < -0.39 is 21.7 Å². The molecular weight excluding hydrogens is 459 g/mol. The van der Waals surface area contributed by atoms with Gasteiger partial charge in [0.2, 0.25) is 5.89 Å². The van der Waals surface area contributed by atoms with Crippen LogP contribution >= 0.6 is 11.6 Å². The number of halogens is 2. The fraction of sp³-hybridized carbons (Fsp3) is 0.286. The highest BCUT2D eigenvalue weighted by molar-refractivity contribution is 7.92. The van der Waals surface area contributed by atoms with Crippen molar-refractivity contribution in [3.8, 4) is 0 Å². The van der Waals surface area contributed by atoms with Gasteiger partial charge in [0, 0.05) is 24.4 Å². The number of carbonyl (C=O) groups excluding carboxylic acids is 1. The van der Waals surface area contributed by atoms with E-state index in [4.69, 9.17) is 16.1 Å². The number of anilines is 1. The lowest BCUT2D eigenvalue weighted by atomic mass is 10.2. The van der Waals surface area contributed by atoms with Crippen molar-refractivity contribution < 1.29 is 22.1 Å². The zero-order chi connectivity index (χ0) is 23.3. The Labute approximate surface area is 190 Å². The number of rotatable bonds is 9. The van der Waals surface area contributed by atoms with Gasteiger partial charge in [0.05, 0.1) is 15.6 Å². The maximum Gasteiger partial charge on any atom is 0.261 e. The summed E-state index contributed by atoms with van der Waals surface area (Å²) in [7, 11) is -4.01. The second-order valence-electron chi connectivity index (χ2n) is 7.31. The average molecular weight is 481 g/mol. The number of benzene rings is 2. The van der Waals surface area contributed by atoms with Gasteiger partial charge >= 0.3 is 0 Å². The molecule has 0 aliphatic carbocycles. The van der Waals surface area contributed by atoms with Crippen LogP contribution in [0.15, 0.2) is 51.9 Å². The van der Waals surface area contributed by atoms with Crippen LogP contribution in [-0.2, 0) is 16.4 Å². The second kappa shape index (κ2) is 10.1. The summed E-state index contributed by atoms with van der Waals surface area (Å²) < 4.78 is 45.6. The first-order valence-corrected chi connectivity index (χ1v) is 11.7. The van der Waals surface area contributed by atoms with Crippen LogP contribution in [0.3, 0.4) is 0 Å². The molecule has 32 heavy (non-hydrogen) atoms. The smallest absolute Gasteiger partial charge is 0.261 e. The highest BCUT2D eigenvalue weighted by Crippen LogP contribution is 2.26. The van der Waals surface area contributed by atoms with Crippen molar-refractivity contribution in [1.82, 2.24) is 15.5 Å². The molecule has 0 bridgehead atoms. The van der Waals surface area contributed by atoms with E-state index in [2.05, 4.69) is 20.2 Å². The number of amides is 1. The van der Waals surface area contributed by atoms with Crippen LogP contribution in [0.5, 0.6) is 0 Å². The highest BCUT2D eigenvalue weighted by atomic mass is 35.5. The van der Waals surface area contributed by atoms with Gasteiger partial charge < -0.3 is 9.84 Å². The summed E-state index contributed by atoms with van der Waals surface area (Å²) in [6.07, 6.45) is 1.10. The Bertz CT molecular complexity index is 1200. The Balaban J connectivity index is 1.60. The molecule has 0 spiro atoms. The highest BCUT2D eigenvalue weighted by Gasteiger charge is 2.17. The fourth-order valence-electron chi connectivity index (χ4n) is 2.71. The molecule has 1 aromatic heterocycles. The van der Waals surface area contributed by atoms with E-state index in [1.807, 2.05) is 13.8 Å². The van der Waals surface area contributed by atoms with Gasteiger partial charge in [-0.15, -0.1) is 0 Å². The van der Waals surface area contributed by atoms with Gasteiger partial charge in [0.25, 0.3) is 15.9 Å². The van der Waals surface area contributed by atoms with Crippen LogP contribution in [0.2, 0.25) is 5.02 Å². The summed E-state index contributed by atoms with van der Waals surface area (Å²) in [6, 6.07) is 8.60. The van der Waals surface area contributed by atoms with Crippen molar-refractivity contribution in [2.75, 3.05) is 11.3 Å². The Morgan fingerprint density at radius 1 is 1.19 bits per heavy atom. The van der Waals surface area contributed by atoms with E-state index in [1.165, 1.54) is 18.2 Å². The van der Waals surface area contributed by atoms with Gasteiger partial charge in [0.1, 0.15) is 5.82 Å². The normalized spacial score (nSPS) is 11.5. The van der Waals surface area contributed by atoms with Crippen molar-refractivity contribution >= 4 is 33.2 Å². The van der Waals surface area contributed by atoms with Crippen molar-refractivity contribution in [3.63, 3.8) is 0 Å². The van der Waals surface area contributed by atoms with E-state index in [-0.39, 0.29) is 27.1 Å². The minimum Gasteiger partial charge on any atom is -0.352 e. The molecule has 0 atom stereocenters. The lowest BCUT2D eigenvalue weighted by molar-refractivity contribution is 0.0953. The first kappa shape index (κ1) is 23.7. The Morgan fingerprint density at radius 3 is 2.56 bits per heavy atom. The maximum atomic E-state index is 13.1. The number of aryl methyl sites for hydroxylation is 1. The van der Waals surface area contributed by atoms with E-state index in [1.54, 1.807) is 0 Å². The monoisotopic (exact) mass is 480 g/mol. The largest absolute Gasteiger partial charge is 0.352 e. The van der Waals surface area contributed by atoms with E-state index in [0.29, 0.717) is 31.1 Å². The minimum atomic E-state index is -4.01. The zero-order valence-electron chi connectivity index (χ0n) is 17.4. The van der Waals surface area contributed by atoms with Crippen LogP contribution in [0.1, 0.15) is 48.3 Å². The molecule has 3 aromatic rings. The molecule has 2 aromatic carbocycles. The van der Waals surface area contributed by atoms with Gasteiger partial charge in [-0.1, -0.05) is 30.6 Å². The number of sulfonamides is 1. The first-order chi connectivity index (χ1) is 15.2. The lowest BCUT2D eigenvalue weighted by Crippen LogP contribution is -2.25. The third-order valence-electron chi connectivity index (χ3n) is 4.45. The molecule has 0 aliphatic heterocycles. The van der Waals surface area contributed by atoms with Crippen molar-refractivity contribution in [2.24, 2.45) is 0 Å². The lowest BCUT2D eigenvalue weighted by Gasteiger charge is -2.11. The second-order valence-corrected chi connectivity index (χ2v) is 9.40. The third kappa shape index (κ3) is 6.04. The first-order valence-electron chi connectivity index (χ1n) is 9.84. The number of carbonyl (C=O) groups is 1. The third-order valence-corrected chi connectivity index (χ3v) is 6.16. The van der Waals surface area contributed by atoms with E-state index >= 15 is 0 Å². The number of hydrogen-bond acceptors (Lipinski definition) is 6. The number of nitrogens with one attached hydrogen (secondary N) is 2. The summed E-state index contributed by atoms with van der Waals surface area (Å²) in [6.45, 7) is 4.29.